The number of carboxylic acid groups (broad SMARTS) is 1. The lowest BCUT2D eigenvalue weighted by Gasteiger charge is -2.26. The highest BCUT2D eigenvalue weighted by atomic mass is 16.5. The SMILES string of the molecule is CCCCOc1ccc(C[C@H](NC(=O)[C@H](CC(C)C)NC(=O)OCc2ccccc2)C(=O)N[C@H](C(=O)O)C(C)C)cc1. The Kier molecular flexibility index (Phi) is 14.4. The molecule has 3 atom stereocenters. The summed E-state index contributed by atoms with van der Waals surface area (Å²) in [6.45, 7) is 9.91. The zero-order valence-corrected chi connectivity index (χ0v) is 25.2. The van der Waals surface area contributed by atoms with Crippen LogP contribution in [0.15, 0.2) is 54.6 Å². The molecule has 42 heavy (non-hydrogen) atoms. The average Bonchev–Trinajstić information content (AvgIpc) is 2.95. The summed E-state index contributed by atoms with van der Waals surface area (Å²) in [5, 5.41) is 17.5. The molecule has 0 unspecified atom stereocenters. The van der Waals surface area contributed by atoms with Gasteiger partial charge in [0.1, 0.15) is 30.5 Å². The molecule has 0 aliphatic rings. The number of ether oxygens (including phenoxy) is 2. The molecule has 10 nitrogen and oxygen atoms in total. The van der Waals surface area contributed by atoms with Gasteiger partial charge in [-0.05, 0) is 47.9 Å². The van der Waals surface area contributed by atoms with E-state index in [1.54, 1.807) is 38.1 Å². The van der Waals surface area contributed by atoms with Gasteiger partial charge in [0.05, 0.1) is 6.61 Å². The number of amides is 3. The lowest BCUT2D eigenvalue weighted by Crippen LogP contribution is -2.57. The molecule has 4 N–H and O–H groups in total. The predicted molar refractivity (Wildman–Crippen MR) is 160 cm³/mol. The number of hydrogen-bond donors (Lipinski definition) is 4. The summed E-state index contributed by atoms with van der Waals surface area (Å²) < 4.78 is 11.0. The summed E-state index contributed by atoms with van der Waals surface area (Å²) in [4.78, 5) is 51.1. The molecule has 3 amide bonds. The fraction of sp³-hybridized carbons (Fsp3) is 0.500. The third-order valence-electron chi connectivity index (χ3n) is 6.52. The van der Waals surface area contributed by atoms with Gasteiger partial charge in [-0.2, -0.15) is 0 Å². The maximum absolute atomic E-state index is 13.5. The van der Waals surface area contributed by atoms with Gasteiger partial charge in [-0.25, -0.2) is 9.59 Å². The summed E-state index contributed by atoms with van der Waals surface area (Å²) in [7, 11) is 0. The van der Waals surface area contributed by atoms with Gasteiger partial charge >= 0.3 is 12.1 Å². The molecule has 2 aromatic carbocycles. The van der Waals surface area contributed by atoms with E-state index in [9.17, 15) is 24.3 Å². The summed E-state index contributed by atoms with van der Waals surface area (Å²) in [5.74, 6) is -2.02. The molecular weight excluding hydrogens is 538 g/mol. The minimum absolute atomic E-state index is 0.0393. The summed E-state index contributed by atoms with van der Waals surface area (Å²) >= 11 is 0. The molecule has 2 rings (SSSR count). The fourth-order valence-corrected chi connectivity index (χ4v) is 4.15. The Morgan fingerprint density at radius 2 is 1.45 bits per heavy atom. The molecule has 0 aliphatic carbocycles. The smallest absolute Gasteiger partial charge is 0.408 e. The number of carbonyl (C=O) groups is 4. The Morgan fingerprint density at radius 1 is 0.810 bits per heavy atom. The van der Waals surface area contributed by atoms with Gasteiger partial charge in [0.25, 0.3) is 0 Å². The Labute approximate surface area is 248 Å². The van der Waals surface area contributed by atoms with Crippen LogP contribution in [0.3, 0.4) is 0 Å². The number of aliphatic carboxylic acids is 1. The van der Waals surface area contributed by atoms with Crippen LogP contribution in [0, 0.1) is 11.8 Å². The van der Waals surface area contributed by atoms with Gasteiger partial charge in [-0.3, -0.25) is 9.59 Å². The number of unbranched alkanes of at least 4 members (excludes halogenated alkanes) is 1. The summed E-state index contributed by atoms with van der Waals surface area (Å²) in [6, 6.07) is 13.1. The number of carboxylic acids is 1. The largest absolute Gasteiger partial charge is 0.494 e. The van der Waals surface area contributed by atoms with Crippen molar-refractivity contribution in [1.82, 2.24) is 16.0 Å². The first-order chi connectivity index (χ1) is 20.0. The Balaban J connectivity index is 2.19. The van der Waals surface area contributed by atoms with Crippen LogP contribution in [-0.4, -0.2) is 53.7 Å². The van der Waals surface area contributed by atoms with E-state index in [-0.39, 0.29) is 24.9 Å². The summed E-state index contributed by atoms with van der Waals surface area (Å²) in [5.41, 5.74) is 1.54. The van der Waals surface area contributed by atoms with Crippen LogP contribution in [0.4, 0.5) is 4.79 Å². The maximum Gasteiger partial charge on any atom is 0.408 e. The topological polar surface area (TPSA) is 143 Å². The van der Waals surface area contributed by atoms with Crippen molar-refractivity contribution in [3.05, 3.63) is 65.7 Å². The monoisotopic (exact) mass is 583 g/mol. The van der Waals surface area contributed by atoms with Crippen LogP contribution in [0.5, 0.6) is 5.75 Å². The number of rotatable bonds is 17. The molecule has 0 aromatic heterocycles. The molecule has 0 spiro atoms. The van der Waals surface area contributed by atoms with Crippen molar-refractivity contribution in [2.24, 2.45) is 11.8 Å². The third-order valence-corrected chi connectivity index (χ3v) is 6.52. The molecule has 10 heteroatoms. The highest BCUT2D eigenvalue weighted by Gasteiger charge is 2.31. The van der Waals surface area contributed by atoms with E-state index in [0.717, 1.165) is 24.0 Å². The van der Waals surface area contributed by atoms with Crippen molar-refractivity contribution in [1.29, 1.82) is 0 Å². The molecule has 230 valence electrons. The molecule has 0 saturated heterocycles. The van der Waals surface area contributed by atoms with Gasteiger partial charge in [0.2, 0.25) is 11.8 Å². The van der Waals surface area contributed by atoms with Crippen LogP contribution in [0.1, 0.15) is 65.0 Å². The first-order valence-corrected chi connectivity index (χ1v) is 14.5. The average molecular weight is 584 g/mol. The first kappa shape index (κ1) is 34.1. The van der Waals surface area contributed by atoms with Crippen LogP contribution in [-0.2, 0) is 32.1 Å². The van der Waals surface area contributed by atoms with Crippen LogP contribution in [0.2, 0.25) is 0 Å². The molecule has 0 bridgehead atoms. The van der Waals surface area contributed by atoms with E-state index in [2.05, 4.69) is 22.9 Å². The van der Waals surface area contributed by atoms with Crippen molar-refractivity contribution in [2.45, 2.75) is 85.0 Å². The van der Waals surface area contributed by atoms with E-state index in [1.165, 1.54) is 0 Å². The van der Waals surface area contributed by atoms with Crippen molar-refractivity contribution in [3.8, 4) is 5.75 Å². The van der Waals surface area contributed by atoms with E-state index in [1.807, 2.05) is 44.2 Å². The Hall–Kier alpha value is -4.08. The lowest BCUT2D eigenvalue weighted by molar-refractivity contribution is -0.143. The van der Waals surface area contributed by atoms with Crippen molar-refractivity contribution >= 4 is 23.9 Å². The second-order valence-electron chi connectivity index (χ2n) is 11.1. The number of nitrogens with one attached hydrogen (secondary N) is 3. The zero-order chi connectivity index (χ0) is 31.1. The second kappa shape index (κ2) is 17.7. The number of carbonyl (C=O) groups excluding carboxylic acids is 3. The Morgan fingerprint density at radius 3 is 2.02 bits per heavy atom. The third kappa shape index (κ3) is 12.2. The van der Waals surface area contributed by atoms with Crippen molar-refractivity contribution in [2.75, 3.05) is 6.61 Å². The minimum atomic E-state index is -1.17. The predicted octanol–water partition coefficient (Wildman–Crippen LogP) is 4.46. The van der Waals surface area contributed by atoms with Gasteiger partial charge in [-0.1, -0.05) is 83.5 Å². The number of benzene rings is 2. The zero-order valence-electron chi connectivity index (χ0n) is 25.2. The Bertz CT molecular complexity index is 1140. The van der Waals surface area contributed by atoms with E-state index >= 15 is 0 Å². The molecule has 0 heterocycles. The van der Waals surface area contributed by atoms with Gasteiger partial charge in [0.15, 0.2) is 0 Å². The lowest BCUT2D eigenvalue weighted by atomic mass is 10.00. The minimum Gasteiger partial charge on any atom is -0.494 e. The molecule has 0 radical (unpaired) electrons. The summed E-state index contributed by atoms with van der Waals surface area (Å²) in [6.07, 6.45) is 1.59. The normalized spacial score (nSPS) is 13.1. The first-order valence-electron chi connectivity index (χ1n) is 14.5. The van der Waals surface area contributed by atoms with Gasteiger partial charge in [-0.15, -0.1) is 0 Å². The molecule has 0 aliphatic heterocycles. The van der Waals surface area contributed by atoms with E-state index in [0.29, 0.717) is 18.8 Å². The van der Waals surface area contributed by atoms with Crippen LogP contribution < -0.4 is 20.7 Å². The van der Waals surface area contributed by atoms with E-state index in [4.69, 9.17) is 9.47 Å². The molecule has 2 aromatic rings. The van der Waals surface area contributed by atoms with Crippen LogP contribution in [0.25, 0.3) is 0 Å². The standard InChI is InChI=1S/C32H45N3O7/c1-6-7-17-41-25-15-13-23(14-16-25)19-27(30(37)35-28(22(4)5)31(38)39)33-29(36)26(18-21(2)3)34-32(40)42-20-24-11-9-8-10-12-24/h8-16,21-22,26-28H,6-7,17-20H2,1-5H3,(H,33,36)(H,34,40)(H,35,37)(H,38,39)/t26-,27-,28-/m0/s1. The van der Waals surface area contributed by atoms with Gasteiger partial charge < -0.3 is 30.5 Å². The maximum atomic E-state index is 13.5. The van der Waals surface area contributed by atoms with Crippen LogP contribution >= 0.6 is 0 Å². The number of alkyl carbamates (subject to hydrolysis) is 1. The van der Waals surface area contributed by atoms with E-state index < -0.39 is 42.0 Å². The molecular formula is C32H45N3O7. The fourth-order valence-electron chi connectivity index (χ4n) is 4.15. The second-order valence-corrected chi connectivity index (χ2v) is 11.1. The van der Waals surface area contributed by atoms with Crippen molar-refractivity contribution in [3.63, 3.8) is 0 Å². The molecule has 0 fully saturated rings. The highest BCUT2D eigenvalue weighted by Crippen LogP contribution is 2.15. The van der Waals surface area contributed by atoms with Crippen molar-refractivity contribution < 1.29 is 33.8 Å². The quantitative estimate of drug-likeness (QED) is 0.201. The van der Waals surface area contributed by atoms with Gasteiger partial charge in [0, 0.05) is 6.42 Å². The highest BCUT2D eigenvalue weighted by molar-refractivity contribution is 5.93. The number of hydrogen-bond acceptors (Lipinski definition) is 6. The molecule has 0 saturated carbocycles.